The molecule has 11 heteroatoms. The van der Waals surface area contributed by atoms with Crippen molar-refractivity contribution in [3.8, 4) is 0 Å². The van der Waals surface area contributed by atoms with E-state index in [1.807, 2.05) is 0 Å². The molecule has 150 valence electrons. The average Bonchev–Trinajstić information content (AvgIpc) is 2.53. The van der Waals surface area contributed by atoms with Gasteiger partial charge in [0, 0.05) is 19.5 Å². The number of nitrogen functional groups attached to an aromatic ring is 1. The maximum atomic E-state index is 14.1. The van der Waals surface area contributed by atoms with Gasteiger partial charge in [-0.2, -0.15) is 13.2 Å². The second kappa shape index (κ2) is 9.19. The van der Waals surface area contributed by atoms with Gasteiger partial charge in [0.25, 0.3) is 5.91 Å². The van der Waals surface area contributed by atoms with Gasteiger partial charge < -0.3 is 20.1 Å². The van der Waals surface area contributed by atoms with E-state index in [9.17, 15) is 31.9 Å². The van der Waals surface area contributed by atoms with Gasteiger partial charge in [0.1, 0.15) is 19.0 Å². The maximum absolute atomic E-state index is 14.1. The number of carbonyl (C=O) groups is 3. The van der Waals surface area contributed by atoms with Crippen LogP contribution in [0.4, 0.5) is 23.2 Å². The van der Waals surface area contributed by atoms with Gasteiger partial charge >= 0.3 is 18.1 Å². The Balaban J connectivity index is 3.21. The number of carbonyl (C=O) groups excluding carboxylic acids is 3. The van der Waals surface area contributed by atoms with Crippen LogP contribution >= 0.6 is 0 Å². The van der Waals surface area contributed by atoms with Crippen molar-refractivity contribution < 1.29 is 41.4 Å². The van der Waals surface area contributed by atoms with Crippen molar-refractivity contribution in [2.24, 2.45) is 0 Å². The molecule has 0 heterocycles. The molecule has 0 saturated carbocycles. The normalized spacial score (nSPS) is 11.0. The maximum Gasteiger partial charge on any atom is 0.419 e. The zero-order valence-corrected chi connectivity index (χ0v) is 14.6. The van der Waals surface area contributed by atoms with Crippen molar-refractivity contribution >= 4 is 23.5 Å². The SMILES string of the molecule is CC(=O)OCCN(CCOC(C)=O)C(=O)c1c(F)ccc(N)c1C(F)(F)F. The summed E-state index contributed by atoms with van der Waals surface area (Å²) in [6, 6.07) is 1.35. The number of hydrogen-bond acceptors (Lipinski definition) is 6. The first-order valence-electron chi connectivity index (χ1n) is 7.66. The number of hydrogen-bond donors (Lipinski definition) is 1. The van der Waals surface area contributed by atoms with E-state index >= 15 is 0 Å². The monoisotopic (exact) mass is 394 g/mol. The molecule has 27 heavy (non-hydrogen) atoms. The van der Waals surface area contributed by atoms with E-state index in [0.29, 0.717) is 12.1 Å². The van der Waals surface area contributed by atoms with Crippen LogP contribution in [0.1, 0.15) is 29.8 Å². The lowest BCUT2D eigenvalue weighted by atomic mass is 10.0. The molecule has 0 aromatic heterocycles. The molecular formula is C16H18F4N2O5. The third-order valence-electron chi connectivity index (χ3n) is 3.30. The number of ether oxygens (including phenoxy) is 2. The van der Waals surface area contributed by atoms with Crippen molar-refractivity contribution in [2.45, 2.75) is 20.0 Å². The van der Waals surface area contributed by atoms with Gasteiger partial charge in [0.15, 0.2) is 0 Å². The molecule has 1 aromatic rings. The van der Waals surface area contributed by atoms with Gasteiger partial charge in [-0.25, -0.2) is 4.39 Å². The van der Waals surface area contributed by atoms with E-state index < -0.39 is 46.7 Å². The van der Waals surface area contributed by atoms with Gasteiger partial charge in [-0.1, -0.05) is 0 Å². The van der Waals surface area contributed by atoms with Crippen molar-refractivity contribution in [3.05, 3.63) is 29.1 Å². The van der Waals surface area contributed by atoms with Crippen molar-refractivity contribution in [1.29, 1.82) is 0 Å². The van der Waals surface area contributed by atoms with Crippen molar-refractivity contribution in [2.75, 3.05) is 32.0 Å². The summed E-state index contributed by atoms with van der Waals surface area (Å²) in [5.74, 6) is -4.08. The predicted molar refractivity (Wildman–Crippen MR) is 85.0 cm³/mol. The number of nitrogens with two attached hydrogens (primary N) is 1. The van der Waals surface area contributed by atoms with Crippen LogP contribution in [-0.4, -0.2) is 49.0 Å². The summed E-state index contributed by atoms with van der Waals surface area (Å²) in [7, 11) is 0. The number of benzene rings is 1. The summed E-state index contributed by atoms with van der Waals surface area (Å²) in [5, 5.41) is 0. The molecule has 0 bridgehead atoms. The van der Waals surface area contributed by atoms with Gasteiger partial charge in [0.05, 0.1) is 24.2 Å². The topological polar surface area (TPSA) is 98.9 Å². The standard InChI is InChI=1S/C16H18F4N2O5/c1-9(23)26-7-5-22(6-8-27-10(2)24)15(25)13-11(17)3-4-12(21)14(13)16(18,19)20/h3-4H,5-8,21H2,1-2H3. The highest BCUT2D eigenvalue weighted by Crippen LogP contribution is 2.37. The largest absolute Gasteiger partial charge is 0.464 e. The van der Waals surface area contributed by atoms with E-state index in [1.165, 1.54) is 0 Å². The molecular weight excluding hydrogens is 376 g/mol. The molecule has 1 aromatic carbocycles. The Morgan fingerprint density at radius 1 is 1.04 bits per heavy atom. The quantitative estimate of drug-likeness (QED) is 0.431. The highest BCUT2D eigenvalue weighted by molar-refractivity contribution is 5.97. The minimum atomic E-state index is -5.07. The second-order valence-corrected chi connectivity index (χ2v) is 5.36. The van der Waals surface area contributed by atoms with Crippen LogP contribution in [0.2, 0.25) is 0 Å². The van der Waals surface area contributed by atoms with Crippen LogP contribution in [0.25, 0.3) is 0 Å². The molecule has 0 unspecified atom stereocenters. The molecule has 7 nitrogen and oxygen atoms in total. The highest BCUT2D eigenvalue weighted by atomic mass is 19.4. The molecule has 0 spiro atoms. The van der Waals surface area contributed by atoms with Crippen LogP contribution in [0.5, 0.6) is 0 Å². The number of nitrogens with zero attached hydrogens (tertiary/aromatic N) is 1. The Labute approximate surface area is 152 Å². The number of halogens is 4. The number of alkyl halides is 3. The minimum Gasteiger partial charge on any atom is -0.464 e. The zero-order chi connectivity index (χ0) is 20.8. The molecule has 0 aliphatic rings. The fraction of sp³-hybridized carbons (Fsp3) is 0.438. The summed E-state index contributed by atoms with van der Waals surface area (Å²) in [5.41, 5.74) is 1.63. The third kappa shape index (κ3) is 6.42. The zero-order valence-electron chi connectivity index (χ0n) is 14.6. The number of amides is 1. The van der Waals surface area contributed by atoms with Gasteiger partial charge in [-0.15, -0.1) is 0 Å². The molecule has 1 amide bonds. The lowest BCUT2D eigenvalue weighted by Crippen LogP contribution is -2.39. The van der Waals surface area contributed by atoms with E-state index in [1.54, 1.807) is 0 Å². The number of esters is 2. The molecule has 0 aliphatic heterocycles. The smallest absolute Gasteiger partial charge is 0.419 e. The van der Waals surface area contributed by atoms with Gasteiger partial charge in [0.2, 0.25) is 0 Å². The second-order valence-electron chi connectivity index (χ2n) is 5.36. The van der Waals surface area contributed by atoms with Crippen LogP contribution in [0.15, 0.2) is 12.1 Å². The summed E-state index contributed by atoms with van der Waals surface area (Å²) in [4.78, 5) is 35.0. The van der Waals surface area contributed by atoms with E-state index in [-0.39, 0.29) is 26.3 Å². The van der Waals surface area contributed by atoms with Gasteiger partial charge in [-0.05, 0) is 12.1 Å². The first-order valence-corrected chi connectivity index (χ1v) is 7.66. The summed E-state index contributed by atoms with van der Waals surface area (Å²) >= 11 is 0. The summed E-state index contributed by atoms with van der Waals surface area (Å²) in [6.45, 7) is 0.837. The highest BCUT2D eigenvalue weighted by Gasteiger charge is 2.40. The molecule has 2 N–H and O–H groups in total. The lowest BCUT2D eigenvalue weighted by molar-refractivity contribution is -0.141. The third-order valence-corrected chi connectivity index (χ3v) is 3.30. The number of rotatable bonds is 7. The van der Waals surface area contributed by atoms with Crippen LogP contribution in [0.3, 0.4) is 0 Å². The predicted octanol–water partition coefficient (Wildman–Crippen LogP) is 2.00. The van der Waals surface area contributed by atoms with Crippen LogP contribution < -0.4 is 5.73 Å². The van der Waals surface area contributed by atoms with Crippen LogP contribution in [0, 0.1) is 5.82 Å². The Bertz CT molecular complexity index is 701. The molecule has 0 fully saturated rings. The number of anilines is 1. The van der Waals surface area contributed by atoms with Crippen molar-refractivity contribution in [1.82, 2.24) is 4.90 Å². The average molecular weight is 394 g/mol. The van der Waals surface area contributed by atoms with E-state index in [2.05, 4.69) is 9.47 Å². The van der Waals surface area contributed by atoms with Crippen molar-refractivity contribution in [3.63, 3.8) is 0 Å². The fourth-order valence-corrected chi connectivity index (χ4v) is 2.18. The molecule has 0 aliphatic carbocycles. The molecule has 0 radical (unpaired) electrons. The summed E-state index contributed by atoms with van der Waals surface area (Å²) in [6.07, 6.45) is -5.07. The summed E-state index contributed by atoms with van der Waals surface area (Å²) < 4.78 is 63.2. The molecule has 0 saturated heterocycles. The molecule has 1 rings (SSSR count). The minimum absolute atomic E-state index is 0.341. The first kappa shape index (κ1) is 22.2. The Kier molecular flexibility index (Phi) is 7.56. The van der Waals surface area contributed by atoms with Crippen LogP contribution in [-0.2, 0) is 25.2 Å². The molecule has 0 atom stereocenters. The lowest BCUT2D eigenvalue weighted by Gasteiger charge is -2.24. The Morgan fingerprint density at radius 2 is 1.52 bits per heavy atom. The fourth-order valence-electron chi connectivity index (χ4n) is 2.18. The Morgan fingerprint density at radius 3 is 1.93 bits per heavy atom. The van der Waals surface area contributed by atoms with Gasteiger partial charge in [-0.3, -0.25) is 14.4 Å². The van der Waals surface area contributed by atoms with E-state index in [0.717, 1.165) is 18.7 Å². The first-order chi connectivity index (χ1) is 12.4. The Hall–Kier alpha value is -2.85. The van der Waals surface area contributed by atoms with E-state index in [4.69, 9.17) is 5.73 Å².